The third kappa shape index (κ3) is 5.21. The van der Waals surface area contributed by atoms with Crippen LogP contribution < -0.4 is 10.2 Å². The van der Waals surface area contributed by atoms with Crippen molar-refractivity contribution in [3.63, 3.8) is 0 Å². The van der Waals surface area contributed by atoms with Crippen LogP contribution in [0.25, 0.3) is 0 Å². The molecular formula is C16H21ClN4O. The summed E-state index contributed by atoms with van der Waals surface area (Å²) in [6.07, 6.45) is 0.854. The molecule has 1 aliphatic heterocycles. The van der Waals surface area contributed by atoms with E-state index in [-0.39, 0.29) is 12.3 Å². The molecular weight excluding hydrogens is 300 g/mol. The van der Waals surface area contributed by atoms with Crippen molar-refractivity contribution in [1.29, 1.82) is 5.26 Å². The quantitative estimate of drug-likeness (QED) is 0.813. The lowest BCUT2D eigenvalue weighted by Gasteiger charge is -2.36. The number of amides is 1. The fourth-order valence-electron chi connectivity index (χ4n) is 2.57. The molecule has 0 aliphatic carbocycles. The molecule has 5 nitrogen and oxygen atoms in total. The predicted octanol–water partition coefficient (Wildman–Crippen LogP) is 1.88. The lowest BCUT2D eigenvalue weighted by atomic mass is 10.2. The molecule has 1 amide bonds. The molecule has 0 radical (unpaired) electrons. The Morgan fingerprint density at radius 1 is 1.32 bits per heavy atom. The van der Waals surface area contributed by atoms with Crippen LogP contribution in [-0.4, -0.2) is 50.1 Å². The normalized spacial score (nSPS) is 15.4. The van der Waals surface area contributed by atoms with E-state index < -0.39 is 0 Å². The first-order chi connectivity index (χ1) is 10.7. The van der Waals surface area contributed by atoms with Gasteiger partial charge in [-0.25, -0.2) is 0 Å². The average molecular weight is 321 g/mol. The van der Waals surface area contributed by atoms with Crippen LogP contribution >= 0.6 is 11.6 Å². The van der Waals surface area contributed by atoms with E-state index in [2.05, 4.69) is 21.2 Å². The van der Waals surface area contributed by atoms with Gasteiger partial charge in [0.15, 0.2) is 0 Å². The van der Waals surface area contributed by atoms with Crippen molar-refractivity contribution >= 4 is 23.2 Å². The minimum atomic E-state index is -0.187. The van der Waals surface area contributed by atoms with Gasteiger partial charge in [0, 0.05) is 43.4 Å². The van der Waals surface area contributed by atoms with Gasteiger partial charge in [-0.3, -0.25) is 9.69 Å². The second-order valence-electron chi connectivity index (χ2n) is 5.35. The van der Waals surface area contributed by atoms with Crippen molar-refractivity contribution < 1.29 is 4.79 Å². The van der Waals surface area contributed by atoms with Crippen molar-refractivity contribution in [2.45, 2.75) is 12.8 Å². The summed E-state index contributed by atoms with van der Waals surface area (Å²) < 4.78 is 0. The maximum absolute atomic E-state index is 11.2. The van der Waals surface area contributed by atoms with Gasteiger partial charge in [-0.15, -0.1) is 0 Å². The number of hydrogen-bond acceptors (Lipinski definition) is 4. The smallest absolute Gasteiger partial charge is 0.234 e. The number of halogens is 1. The van der Waals surface area contributed by atoms with E-state index in [1.165, 1.54) is 5.69 Å². The number of benzene rings is 1. The molecule has 1 saturated heterocycles. The highest BCUT2D eigenvalue weighted by molar-refractivity contribution is 6.30. The topological polar surface area (TPSA) is 59.4 Å². The Morgan fingerprint density at radius 2 is 2.09 bits per heavy atom. The summed E-state index contributed by atoms with van der Waals surface area (Å²) in [5.41, 5.74) is 1.18. The molecule has 0 bridgehead atoms. The first-order valence-electron chi connectivity index (χ1n) is 7.55. The maximum Gasteiger partial charge on any atom is 0.234 e. The first-order valence-corrected chi connectivity index (χ1v) is 7.93. The Hall–Kier alpha value is -1.77. The Kier molecular flexibility index (Phi) is 6.50. The molecule has 1 aromatic rings. The van der Waals surface area contributed by atoms with Crippen molar-refractivity contribution in [2.24, 2.45) is 0 Å². The number of piperazine rings is 1. The van der Waals surface area contributed by atoms with E-state index >= 15 is 0 Å². The highest BCUT2D eigenvalue weighted by atomic mass is 35.5. The van der Waals surface area contributed by atoms with Gasteiger partial charge in [0.1, 0.15) is 6.42 Å². The lowest BCUT2D eigenvalue weighted by Crippen LogP contribution is -2.47. The monoisotopic (exact) mass is 320 g/mol. The second kappa shape index (κ2) is 8.62. The average Bonchev–Trinajstić information content (AvgIpc) is 2.52. The number of nitriles is 1. The van der Waals surface area contributed by atoms with Gasteiger partial charge >= 0.3 is 0 Å². The molecule has 118 valence electrons. The molecule has 1 fully saturated rings. The number of carbonyl (C=O) groups excluding carboxylic acids is 1. The van der Waals surface area contributed by atoms with Crippen LogP contribution in [-0.2, 0) is 4.79 Å². The van der Waals surface area contributed by atoms with Gasteiger partial charge in [-0.05, 0) is 31.2 Å². The summed E-state index contributed by atoms with van der Waals surface area (Å²) in [6.45, 7) is 5.60. The molecule has 0 aromatic heterocycles. The summed E-state index contributed by atoms with van der Waals surface area (Å²) in [6, 6.07) is 9.81. The minimum Gasteiger partial charge on any atom is -0.369 e. The Bertz CT molecular complexity index is 535. The van der Waals surface area contributed by atoms with E-state index in [0.717, 1.165) is 44.2 Å². The van der Waals surface area contributed by atoms with Crippen LogP contribution in [0.5, 0.6) is 0 Å². The number of anilines is 1. The summed E-state index contributed by atoms with van der Waals surface area (Å²) in [7, 11) is 0. The lowest BCUT2D eigenvalue weighted by molar-refractivity contribution is -0.120. The standard InChI is InChI=1S/C16H21ClN4O/c17-14-3-1-4-15(13-14)21-11-9-20(10-12-21)8-2-7-19-16(22)5-6-18/h1,3-4,13H,2,5,7-12H2,(H,19,22). The summed E-state index contributed by atoms with van der Waals surface area (Å²) in [5, 5.41) is 11.9. The van der Waals surface area contributed by atoms with E-state index in [1.807, 2.05) is 24.3 Å². The number of rotatable bonds is 6. The predicted molar refractivity (Wildman–Crippen MR) is 88.0 cm³/mol. The van der Waals surface area contributed by atoms with Gasteiger partial charge < -0.3 is 10.2 Å². The second-order valence-corrected chi connectivity index (χ2v) is 5.78. The first kappa shape index (κ1) is 16.6. The summed E-state index contributed by atoms with van der Waals surface area (Å²) in [4.78, 5) is 15.9. The van der Waals surface area contributed by atoms with Crippen LogP contribution in [0.2, 0.25) is 5.02 Å². The SMILES string of the molecule is N#CCC(=O)NCCCN1CCN(c2cccc(Cl)c2)CC1. The third-order valence-corrected chi connectivity index (χ3v) is 3.99. The van der Waals surface area contributed by atoms with E-state index in [0.29, 0.717) is 6.54 Å². The number of carbonyl (C=O) groups is 1. The zero-order valence-electron chi connectivity index (χ0n) is 12.6. The zero-order chi connectivity index (χ0) is 15.8. The van der Waals surface area contributed by atoms with E-state index in [1.54, 1.807) is 0 Å². The van der Waals surface area contributed by atoms with Crippen LogP contribution in [0.3, 0.4) is 0 Å². The van der Waals surface area contributed by atoms with Crippen LogP contribution in [0.4, 0.5) is 5.69 Å². The summed E-state index contributed by atoms with van der Waals surface area (Å²) in [5.74, 6) is -0.187. The van der Waals surface area contributed by atoms with Crippen molar-refractivity contribution in [1.82, 2.24) is 10.2 Å². The van der Waals surface area contributed by atoms with E-state index in [4.69, 9.17) is 16.9 Å². The van der Waals surface area contributed by atoms with E-state index in [9.17, 15) is 4.79 Å². The molecule has 0 unspecified atom stereocenters. The molecule has 0 atom stereocenters. The summed E-state index contributed by atoms with van der Waals surface area (Å²) >= 11 is 6.03. The number of hydrogen-bond donors (Lipinski definition) is 1. The molecule has 22 heavy (non-hydrogen) atoms. The molecule has 0 spiro atoms. The zero-order valence-corrected chi connectivity index (χ0v) is 13.4. The Morgan fingerprint density at radius 3 is 2.77 bits per heavy atom. The number of nitrogens with one attached hydrogen (secondary N) is 1. The molecule has 1 N–H and O–H groups in total. The van der Waals surface area contributed by atoms with Gasteiger partial charge in [0.2, 0.25) is 5.91 Å². The van der Waals surface area contributed by atoms with Crippen molar-refractivity contribution in [2.75, 3.05) is 44.2 Å². The highest BCUT2D eigenvalue weighted by Crippen LogP contribution is 2.20. The molecule has 2 rings (SSSR count). The van der Waals surface area contributed by atoms with Crippen LogP contribution in [0.15, 0.2) is 24.3 Å². The van der Waals surface area contributed by atoms with Crippen LogP contribution in [0.1, 0.15) is 12.8 Å². The van der Waals surface area contributed by atoms with Gasteiger partial charge in [0.25, 0.3) is 0 Å². The highest BCUT2D eigenvalue weighted by Gasteiger charge is 2.16. The van der Waals surface area contributed by atoms with Crippen molar-refractivity contribution in [3.8, 4) is 6.07 Å². The fraction of sp³-hybridized carbons (Fsp3) is 0.500. The van der Waals surface area contributed by atoms with Crippen molar-refractivity contribution in [3.05, 3.63) is 29.3 Å². The third-order valence-electron chi connectivity index (χ3n) is 3.76. The van der Waals surface area contributed by atoms with Gasteiger partial charge in [-0.1, -0.05) is 17.7 Å². The van der Waals surface area contributed by atoms with Gasteiger partial charge in [0.05, 0.1) is 6.07 Å². The molecule has 6 heteroatoms. The number of nitrogens with zero attached hydrogens (tertiary/aromatic N) is 3. The molecule has 0 saturated carbocycles. The molecule has 1 heterocycles. The molecule has 1 aromatic carbocycles. The Labute approximate surface area is 136 Å². The molecule has 1 aliphatic rings. The maximum atomic E-state index is 11.2. The Balaban J connectivity index is 1.65. The minimum absolute atomic E-state index is 0.0572. The van der Waals surface area contributed by atoms with Crippen LogP contribution in [0, 0.1) is 11.3 Å². The fourth-order valence-corrected chi connectivity index (χ4v) is 2.75. The largest absolute Gasteiger partial charge is 0.369 e. The van der Waals surface area contributed by atoms with Gasteiger partial charge in [-0.2, -0.15) is 5.26 Å².